The fourth-order valence-corrected chi connectivity index (χ4v) is 2.22. The van der Waals surface area contributed by atoms with E-state index in [2.05, 4.69) is 11.8 Å². The summed E-state index contributed by atoms with van der Waals surface area (Å²) < 4.78 is 4.72. The van der Waals surface area contributed by atoms with Crippen LogP contribution >= 0.6 is 0 Å². The van der Waals surface area contributed by atoms with E-state index in [9.17, 15) is 4.79 Å². The lowest BCUT2D eigenvalue weighted by Gasteiger charge is -2.20. The Balaban J connectivity index is 2.29. The molecule has 0 aromatic heterocycles. The zero-order chi connectivity index (χ0) is 12.4. The van der Waals surface area contributed by atoms with Gasteiger partial charge in [0.25, 0.3) is 0 Å². The maximum absolute atomic E-state index is 11.5. The van der Waals surface area contributed by atoms with E-state index in [0.717, 1.165) is 18.8 Å². The van der Waals surface area contributed by atoms with Gasteiger partial charge in [-0.15, -0.1) is 0 Å². The predicted octanol–water partition coefficient (Wildman–Crippen LogP) is 1.90. The molecule has 1 atom stereocenters. The number of nitrogen functional groups attached to an aromatic ring is 1. The number of carbonyl (C=O) groups is 1. The van der Waals surface area contributed by atoms with Crippen molar-refractivity contribution in [3.8, 4) is 0 Å². The van der Waals surface area contributed by atoms with Crippen LogP contribution in [-0.4, -0.2) is 26.2 Å². The van der Waals surface area contributed by atoms with Crippen LogP contribution in [0.5, 0.6) is 0 Å². The molecule has 0 radical (unpaired) electrons. The van der Waals surface area contributed by atoms with Crippen molar-refractivity contribution in [2.45, 2.75) is 13.3 Å². The van der Waals surface area contributed by atoms with Crippen LogP contribution in [0.15, 0.2) is 18.2 Å². The molecule has 1 aromatic carbocycles. The molecule has 1 aliphatic heterocycles. The van der Waals surface area contributed by atoms with Crippen LogP contribution in [0.25, 0.3) is 0 Å². The maximum Gasteiger partial charge on any atom is 0.337 e. The Hall–Kier alpha value is -1.71. The van der Waals surface area contributed by atoms with Gasteiger partial charge < -0.3 is 15.4 Å². The first-order valence-corrected chi connectivity index (χ1v) is 5.84. The minimum Gasteiger partial charge on any atom is -0.465 e. The first-order chi connectivity index (χ1) is 8.11. The quantitative estimate of drug-likeness (QED) is 0.627. The second-order valence-electron chi connectivity index (χ2n) is 4.61. The standard InChI is InChI=1S/C13H18N2O2/c1-9-5-6-15(8-9)12-7-10(13(16)17-2)3-4-11(12)14/h3-4,7,9H,5-6,8,14H2,1-2H3. The average Bonchev–Trinajstić information content (AvgIpc) is 2.75. The van der Waals surface area contributed by atoms with E-state index in [4.69, 9.17) is 10.5 Å². The van der Waals surface area contributed by atoms with Crippen molar-refractivity contribution in [1.29, 1.82) is 0 Å². The number of rotatable bonds is 2. The third-order valence-electron chi connectivity index (χ3n) is 3.22. The number of anilines is 2. The number of esters is 1. The molecule has 1 aliphatic rings. The van der Waals surface area contributed by atoms with Crippen LogP contribution in [0, 0.1) is 5.92 Å². The normalized spacial score (nSPS) is 19.4. The summed E-state index contributed by atoms with van der Waals surface area (Å²) in [5.41, 5.74) is 8.17. The number of ether oxygens (including phenoxy) is 1. The van der Waals surface area contributed by atoms with Gasteiger partial charge in [0.15, 0.2) is 0 Å². The SMILES string of the molecule is COC(=O)c1ccc(N)c(N2CCC(C)C2)c1. The number of nitrogens with zero attached hydrogens (tertiary/aromatic N) is 1. The van der Waals surface area contributed by atoms with Crippen molar-refractivity contribution in [2.24, 2.45) is 5.92 Å². The second kappa shape index (κ2) is 4.65. The van der Waals surface area contributed by atoms with E-state index in [0.29, 0.717) is 17.2 Å². The fourth-order valence-electron chi connectivity index (χ4n) is 2.22. The molecule has 0 amide bonds. The third-order valence-corrected chi connectivity index (χ3v) is 3.22. The Kier molecular flexibility index (Phi) is 3.22. The van der Waals surface area contributed by atoms with Gasteiger partial charge in [-0.1, -0.05) is 6.92 Å². The third kappa shape index (κ3) is 2.35. The average molecular weight is 234 g/mol. The molecule has 1 fully saturated rings. The van der Waals surface area contributed by atoms with Crippen LogP contribution in [0.4, 0.5) is 11.4 Å². The molecule has 0 aliphatic carbocycles. The first kappa shape index (κ1) is 11.8. The number of hydrogen-bond donors (Lipinski definition) is 1. The van der Waals surface area contributed by atoms with Gasteiger partial charge in [-0.3, -0.25) is 0 Å². The zero-order valence-electron chi connectivity index (χ0n) is 10.3. The van der Waals surface area contributed by atoms with Crippen molar-refractivity contribution < 1.29 is 9.53 Å². The van der Waals surface area contributed by atoms with E-state index in [-0.39, 0.29) is 5.97 Å². The number of nitrogens with two attached hydrogens (primary N) is 1. The van der Waals surface area contributed by atoms with Crippen molar-refractivity contribution in [2.75, 3.05) is 30.8 Å². The molecule has 4 nitrogen and oxygen atoms in total. The van der Waals surface area contributed by atoms with Gasteiger partial charge in [0.05, 0.1) is 24.0 Å². The van der Waals surface area contributed by atoms with Crippen molar-refractivity contribution in [3.63, 3.8) is 0 Å². The topological polar surface area (TPSA) is 55.6 Å². The molecule has 1 unspecified atom stereocenters. The summed E-state index contributed by atoms with van der Waals surface area (Å²) in [5.74, 6) is 0.356. The largest absolute Gasteiger partial charge is 0.465 e. The predicted molar refractivity (Wildman–Crippen MR) is 68.2 cm³/mol. The lowest BCUT2D eigenvalue weighted by molar-refractivity contribution is 0.0601. The van der Waals surface area contributed by atoms with Gasteiger partial charge in [0.2, 0.25) is 0 Å². The first-order valence-electron chi connectivity index (χ1n) is 5.84. The molecule has 0 spiro atoms. The molecular formula is C13H18N2O2. The van der Waals surface area contributed by atoms with E-state index in [1.807, 2.05) is 6.07 Å². The highest BCUT2D eigenvalue weighted by molar-refractivity contribution is 5.92. The van der Waals surface area contributed by atoms with Crippen molar-refractivity contribution in [3.05, 3.63) is 23.8 Å². The monoisotopic (exact) mass is 234 g/mol. The molecule has 0 saturated carbocycles. The molecule has 17 heavy (non-hydrogen) atoms. The number of carbonyl (C=O) groups excluding carboxylic acids is 1. The number of hydrogen-bond acceptors (Lipinski definition) is 4. The van der Waals surface area contributed by atoms with Crippen LogP contribution in [0.3, 0.4) is 0 Å². The van der Waals surface area contributed by atoms with E-state index >= 15 is 0 Å². The van der Waals surface area contributed by atoms with Gasteiger partial charge in [-0.05, 0) is 30.5 Å². The highest BCUT2D eigenvalue weighted by Gasteiger charge is 2.21. The van der Waals surface area contributed by atoms with E-state index in [1.54, 1.807) is 12.1 Å². The molecule has 1 saturated heterocycles. The van der Waals surface area contributed by atoms with Gasteiger partial charge in [0, 0.05) is 13.1 Å². The van der Waals surface area contributed by atoms with Gasteiger partial charge in [-0.25, -0.2) is 4.79 Å². The molecule has 2 N–H and O–H groups in total. The van der Waals surface area contributed by atoms with Crippen LogP contribution in [0.2, 0.25) is 0 Å². The highest BCUT2D eigenvalue weighted by Crippen LogP contribution is 2.29. The Morgan fingerprint density at radius 1 is 1.53 bits per heavy atom. The summed E-state index contributed by atoms with van der Waals surface area (Å²) >= 11 is 0. The van der Waals surface area contributed by atoms with Crippen molar-refractivity contribution >= 4 is 17.3 Å². The lowest BCUT2D eigenvalue weighted by Crippen LogP contribution is -2.20. The Labute approximate surface area is 101 Å². The second-order valence-corrected chi connectivity index (χ2v) is 4.61. The summed E-state index contributed by atoms with van der Waals surface area (Å²) in [6.45, 7) is 4.21. The van der Waals surface area contributed by atoms with E-state index in [1.165, 1.54) is 13.5 Å². The minimum absolute atomic E-state index is 0.321. The molecule has 1 heterocycles. The van der Waals surface area contributed by atoms with Gasteiger partial charge in [0.1, 0.15) is 0 Å². The molecule has 1 aromatic rings. The summed E-state index contributed by atoms with van der Waals surface area (Å²) in [4.78, 5) is 13.7. The fraction of sp³-hybridized carbons (Fsp3) is 0.462. The lowest BCUT2D eigenvalue weighted by atomic mass is 10.1. The van der Waals surface area contributed by atoms with Crippen LogP contribution in [-0.2, 0) is 4.74 Å². The van der Waals surface area contributed by atoms with E-state index < -0.39 is 0 Å². The van der Waals surface area contributed by atoms with Crippen molar-refractivity contribution in [1.82, 2.24) is 0 Å². The Morgan fingerprint density at radius 3 is 2.88 bits per heavy atom. The Morgan fingerprint density at radius 2 is 2.29 bits per heavy atom. The van der Waals surface area contributed by atoms with Gasteiger partial charge in [-0.2, -0.15) is 0 Å². The zero-order valence-corrected chi connectivity index (χ0v) is 10.3. The molecule has 4 heteroatoms. The summed E-state index contributed by atoms with van der Waals surface area (Å²) in [6.07, 6.45) is 1.17. The highest BCUT2D eigenvalue weighted by atomic mass is 16.5. The summed E-state index contributed by atoms with van der Waals surface area (Å²) in [6, 6.07) is 5.29. The van der Waals surface area contributed by atoms with Crippen LogP contribution < -0.4 is 10.6 Å². The molecule has 2 rings (SSSR count). The van der Waals surface area contributed by atoms with Gasteiger partial charge >= 0.3 is 5.97 Å². The summed E-state index contributed by atoms with van der Waals surface area (Å²) in [7, 11) is 1.39. The molecular weight excluding hydrogens is 216 g/mol. The summed E-state index contributed by atoms with van der Waals surface area (Å²) in [5, 5.41) is 0. The maximum atomic E-state index is 11.5. The van der Waals surface area contributed by atoms with Crippen LogP contribution in [0.1, 0.15) is 23.7 Å². The number of benzene rings is 1. The number of methoxy groups -OCH3 is 1. The Bertz CT molecular complexity index is 431. The smallest absolute Gasteiger partial charge is 0.337 e. The molecule has 92 valence electrons. The molecule has 0 bridgehead atoms. The minimum atomic E-state index is -0.321.